The first-order valence-corrected chi connectivity index (χ1v) is 6.99. The standard InChI is InChI=1S/C15H12ClN5O/c16-13-9-5-4-8-12(13)15(22)17-10-14-18-19-20-21(14)11-6-2-1-3-7-11/h1-9H,10H2,(H,17,22). The van der Waals surface area contributed by atoms with Gasteiger partial charge in [0.1, 0.15) is 0 Å². The number of tetrazole rings is 1. The molecule has 0 spiro atoms. The number of nitrogens with zero attached hydrogens (tertiary/aromatic N) is 4. The number of amides is 1. The van der Waals surface area contributed by atoms with Gasteiger partial charge in [0.2, 0.25) is 0 Å². The van der Waals surface area contributed by atoms with Gasteiger partial charge < -0.3 is 5.32 Å². The molecule has 0 aliphatic rings. The lowest BCUT2D eigenvalue weighted by Gasteiger charge is -2.07. The molecule has 1 heterocycles. The highest BCUT2D eigenvalue weighted by atomic mass is 35.5. The fourth-order valence-electron chi connectivity index (χ4n) is 1.99. The van der Waals surface area contributed by atoms with E-state index in [1.54, 1.807) is 28.9 Å². The van der Waals surface area contributed by atoms with Gasteiger partial charge in [-0.1, -0.05) is 41.9 Å². The summed E-state index contributed by atoms with van der Waals surface area (Å²) in [5.41, 5.74) is 1.25. The minimum Gasteiger partial charge on any atom is -0.345 e. The molecular weight excluding hydrogens is 302 g/mol. The molecule has 0 fully saturated rings. The van der Waals surface area contributed by atoms with Crippen molar-refractivity contribution in [3.63, 3.8) is 0 Å². The summed E-state index contributed by atoms with van der Waals surface area (Å²) in [5.74, 6) is 0.264. The molecule has 0 saturated carbocycles. The summed E-state index contributed by atoms with van der Waals surface area (Å²) in [6, 6.07) is 16.3. The van der Waals surface area contributed by atoms with Gasteiger partial charge in [-0.25, -0.2) is 0 Å². The van der Waals surface area contributed by atoms with Crippen LogP contribution < -0.4 is 5.32 Å². The van der Waals surface area contributed by atoms with Crippen molar-refractivity contribution in [3.8, 4) is 5.69 Å². The van der Waals surface area contributed by atoms with Crippen molar-refractivity contribution in [2.24, 2.45) is 0 Å². The van der Waals surface area contributed by atoms with Crippen LogP contribution >= 0.6 is 11.6 Å². The molecule has 1 aromatic heterocycles. The maximum atomic E-state index is 12.1. The maximum absolute atomic E-state index is 12.1. The minimum atomic E-state index is -0.270. The predicted octanol–water partition coefficient (Wildman–Crippen LogP) is 2.25. The Morgan fingerprint density at radius 3 is 2.59 bits per heavy atom. The average molecular weight is 314 g/mol. The number of halogens is 1. The van der Waals surface area contributed by atoms with Crippen molar-refractivity contribution >= 4 is 17.5 Å². The van der Waals surface area contributed by atoms with Crippen LogP contribution in [0, 0.1) is 0 Å². The summed E-state index contributed by atoms with van der Waals surface area (Å²) in [4.78, 5) is 12.1. The molecule has 6 nitrogen and oxygen atoms in total. The van der Waals surface area contributed by atoms with Gasteiger partial charge in [-0.3, -0.25) is 4.79 Å². The molecule has 0 aliphatic heterocycles. The predicted molar refractivity (Wildman–Crippen MR) is 81.8 cm³/mol. The van der Waals surface area contributed by atoms with E-state index in [0.717, 1.165) is 5.69 Å². The van der Waals surface area contributed by atoms with Gasteiger partial charge in [0.05, 0.1) is 22.8 Å². The first-order chi connectivity index (χ1) is 10.8. The smallest absolute Gasteiger partial charge is 0.253 e. The number of benzene rings is 2. The summed E-state index contributed by atoms with van der Waals surface area (Å²) < 4.78 is 1.58. The molecule has 0 radical (unpaired) electrons. The lowest BCUT2D eigenvalue weighted by Crippen LogP contribution is -2.25. The van der Waals surface area contributed by atoms with E-state index in [-0.39, 0.29) is 12.5 Å². The summed E-state index contributed by atoms with van der Waals surface area (Å²) >= 11 is 6.00. The fourth-order valence-corrected chi connectivity index (χ4v) is 2.21. The highest BCUT2D eigenvalue weighted by molar-refractivity contribution is 6.33. The fraction of sp³-hybridized carbons (Fsp3) is 0.0667. The Morgan fingerprint density at radius 1 is 1.09 bits per heavy atom. The molecule has 0 saturated heterocycles. The summed E-state index contributed by atoms with van der Waals surface area (Å²) in [6.07, 6.45) is 0. The van der Waals surface area contributed by atoms with E-state index < -0.39 is 0 Å². The molecule has 7 heteroatoms. The van der Waals surface area contributed by atoms with E-state index in [0.29, 0.717) is 16.4 Å². The molecule has 0 bridgehead atoms. The van der Waals surface area contributed by atoms with Crippen LogP contribution in [-0.2, 0) is 6.54 Å². The first kappa shape index (κ1) is 14.2. The molecule has 1 N–H and O–H groups in total. The van der Waals surface area contributed by atoms with Crippen molar-refractivity contribution in [2.75, 3.05) is 0 Å². The Morgan fingerprint density at radius 2 is 1.82 bits per heavy atom. The molecule has 0 unspecified atom stereocenters. The second-order valence-corrected chi connectivity index (χ2v) is 4.91. The van der Waals surface area contributed by atoms with Crippen molar-refractivity contribution < 1.29 is 4.79 Å². The third-order valence-corrected chi connectivity index (χ3v) is 3.39. The van der Waals surface area contributed by atoms with E-state index in [9.17, 15) is 4.79 Å². The van der Waals surface area contributed by atoms with Crippen molar-refractivity contribution in [2.45, 2.75) is 6.54 Å². The van der Waals surface area contributed by atoms with Crippen LogP contribution in [0.1, 0.15) is 16.2 Å². The number of rotatable bonds is 4. The molecule has 3 aromatic rings. The second-order valence-electron chi connectivity index (χ2n) is 4.50. The monoisotopic (exact) mass is 313 g/mol. The minimum absolute atomic E-state index is 0.200. The molecule has 3 rings (SSSR count). The zero-order chi connectivity index (χ0) is 15.4. The van der Waals surface area contributed by atoms with Crippen LogP contribution in [0.2, 0.25) is 5.02 Å². The Labute approximate surface area is 131 Å². The van der Waals surface area contributed by atoms with Crippen molar-refractivity contribution in [1.29, 1.82) is 0 Å². The van der Waals surface area contributed by atoms with Gasteiger partial charge in [-0.05, 0) is 34.7 Å². The molecule has 2 aromatic carbocycles. The second kappa shape index (κ2) is 6.36. The Kier molecular flexibility index (Phi) is 4.11. The number of hydrogen-bond acceptors (Lipinski definition) is 4. The van der Waals surface area contributed by atoms with Crippen LogP contribution in [0.4, 0.5) is 0 Å². The molecule has 0 aliphatic carbocycles. The normalized spacial score (nSPS) is 10.4. The lowest BCUT2D eigenvalue weighted by atomic mass is 10.2. The molecule has 1 amide bonds. The van der Waals surface area contributed by atoms with Crippen molar-refractivity contribution in [3.05, 3.63) is 71.0 Å². The molecule has 22 heavy (non-hydrogen) atoms. The maximum Gasteiger partial charge on any atom is 0.253 e. The zero-order valence-electron chi connectivity index (χ0n) is 11.5. The Bertz CT molecular complexity index is 787. The van der Waals surface area contributed by atoms with E-state index >= 15 is 0 Å². The summed E-state index contributed by atoms with van der Waals surface area (Å²) in [5, 5.41) is 14.7. The molecule has 0 atom stereocenters. The van der Waals surface area contributed by atoms with Crippen LogP contribution in [0.5, 0.6) is 0 Å². The van der Waals surface area contributed by atoms with E-state index in [1.165, 1.54) is 0 Å². The van der Waals surface area contributed by atoms with Gasteiger partial charge in [-0.15, -0.1) is 5.10 Å². The Balaban J connectivity index is 1.75. The quantitative estimate of drug-likeness (QED) is 0.802. The van der Waals surface area contributed by atoms with Crippen LogP contribution in [-0.4, -0.2) is 26.1 Å². The van der Waals surface area contributed by atoms with E-state index in [4.69, 9.17) is 11.6 Å². The lowest BCUT2D eigenvalue weighted by molar-refractivity contribution is 0.0950. The van der Waals surface area contributed by atoms with Crippen LogP contribution in [0.3, 0.4) is 0 Å². The van der Waals surface area contributed by atoms with Gasteiger partial charge in [0.15, 0.2) is 5.82 Å². The molecule has 110 valence electrons. The summed E-state index contributed by atoms with van der Waals surface area (Å²) in [6.45, 7) is 0.200. The third-order valence-electron chi connectivity index (χ3n) is 3.06. The van der Waals surface area contributed by atoms with Gasteiger partial charge >= 0.3 is 0 Å². The largest absolute Gasteiger partial charge is 0.345 e. The van der Waals surface area contributed by atoms with Crippen LogP contribution in [0.15, 0.2) is 54.6 Å². The highest BCUT2D eigenvalue weighted by Gasteiger charge is 2.12. The zero-order valence-corrected chi connectivity index (χ0v) is 12.2. The van der Waals surface area contributed by atoms with Crippen molar-refractivity contribution in [1.82, 2.24) is 25.5 Å². The van der Waals surface area contributed by atoms with Crippen LogP contribution in [0.25, 0.3) is 5.69 Å². The SMILES string of the molecule is O=C(NCc1nnnn1-c1ccccc1)c1ccccc1Cl. The topological polar surface area (TPSA) is 72.7 Å². The van der Waals surface area contributed by atoms with Gasteiger partial charge in [0, 0.05) is 0 Å². The number of nitrogens with one attached hydrogen (secondary N) is 1. The molecular formula is C15H12ClN5O. The number of para-hydroxylation sites is 1. The average Bonchev–Trinajstić information content (AvgIpc) is 3.02. The number of aromatic nitrogens is 4. The highest BCUT2D eigenvalue weighted by Crippen LogP contribution is 2.14. The summed E-state index contributed by atoms with van der Waals surface area (Å²) in [7, 11) is 0. The van der Waals surface area contributed by atoms with E-state index in [2.05, 4.69) is 20.8 Å². The van der Waals surface area contributed by atoms with E-state index in [1.807, 2.05) is 30.3 Å². The number of carbonyl (C=O) groups is 1. The first-order valence-electron chi connectivity index (χ1n) is 6.61. The number of carbonyl (C=O) groups excluding carboxylic acids is 1. The third kappa shape index (κ3) is 2.96. The van der Waals surface area contributed by atoms with Gasteiger partial charge in [-0.2, -0.15) is 4.68 Å². The Hall–Kier alpha value is -2.73. The number of hydrogen-bond donors (Lipinski definition) is 1. The van der Waals surface area contributed by atoms with Gasteiger partial charge in [0.25, 0.3) is 5.91 Å².